The number of guanidine groups is 1. The van der Waals surface area contributed by atoms with E-state index in [2.05, 4.69) is 15.0 Å². The van der Waals surface area contributed by atoms with Gasteiger partial charge in [-0.15, -0.1) is 0 Å². The lowest BCUT2D eigenvalue weighted by Gasteiger charge is -2.36. The molecule has 1 aromatic carbocycles. The number of carbonyl (C=O) groups excluding carboxylic acids is 1. The maximum atomic E-state index is 14.7. The Hall–Kier alpha value is -2.41. The van der Waals surface area contributed by atoms with Crippen molar-refractivity contribution < 1.29 is 30.8 Å². The van der Waals surface area contributed by atoms with E-state index < -0.39 is 48.8 Å². The topological polar surface area (TPSA) is 134 Å². The summed E-state index contributed by atoms with van der Waals surface area (Å²) < 4.78 is 72.1. The Balaban J connectivity index is 2.53. The summed E-state index contributed by atoms with van der Waals surface area (Å²) in [6.07, 6.45) is -0.928. The lowest BCUT2D eigenvalue weighted by Crippen LogP contribution is -2.54. The number of anilines is 1. The fourth-order valence-corrected chi connectivity index (χ4v) is 4.92. The van der Waals surface area contributed by atoms with E-state index in [9.17, 15) is 26.0 Å². The summed E-state index contributed by atoms with van der Waals surface area (Å²) >= 11 is 0. The monoisotopic (exact) mass is 478 g/mol. The van der Waals surface area contributed by atoms with Crippen LogP contribution in [0, 0.1) is 5.82 Å². The second-order valence-electron chi connectivity index (χ2n) is 8.26. The summed E-state index contributed by atoms with van der Waals surface area (Å²) in [6, 6.07) is 3.44. The summed E-state index contributed by atoms with van der Waals surface area (Å²) in [5.41, 5.74) is -2.57. The molecule has 0 fully saturated rings. The molecular formula is C18H27FN4O6S2. The number of hydrogen-bond acceptors (Lipinski definition) is 7. The van der Waals surface area contributed by atoms with E-state index in [1.165, 1.54) is 33.0 Å². The molecule has 1 amide bonds. The molecule has 1 heterocycles. The number of amides is 1. The Labute approximate surface area is 182 Å². The van der Waals surface area contributed by atoms with Crippen molar-refractivity contribution in [1.29, 1.82) is 0 Å². The first-order valence-electron chi connectivity index (χ1n) is 9.35. The highest BCUT2D eigenvalue weighted by atomic mass is 32.2. The lowest BCUT2D eigenvalue weighted by atomic mass is 9.93. The van der Waals surface area contributed by atoms with Crippen LogP contribution in [0.5, 0.6) is 0 Å². The van der Waals surface area contributed by atoms with Crippen LogP contribution in [-0.2, 0) is 30.3 Å². The van der Waals surface area contributed by atoms with E-state index in [0.717, 1.165) is 10.4 Å². The summed E-state index contributed by atoms with van der Waals surface area (Å²) in [6.45, 7) is 7.73. The van der Waals surface area contributed by atoms with Gasteiger partial charge in [0, 0.05) is 18.3 Å². The number of benzene rings is 1. The average molecular weight is 479 g/mol. The van der Waals surface area contributed by atoms with Crippen LogP contribution in [-0.4, -0.2) is 57.3 Å². The summed E-state index contributed by atoms with van der Waals surface area (Å²) in [5, 5.41) is 2.29. The SMILES string of the molecule is CCS(=O)(=O)Nc1ccc(F)c(C2(C)CS(=O)(=O)N(C)C(NC(=O)OC(C)(C)C)=N2)c1. The van der Waals surface area contributed by atoms with Crippen molar-refractivity contribution in [2.75, 3.05) is 23.3 Å². The molecule has 0 saturated carbocycles. The predicted molar refractivity (Wildman–Crippen MR) is 115 cm³/mol. The molecule has 31 heavy (non-hydrogen) atoms. The molecule has 2 N–H and O–H groups in total. The van der Waals surface area contributed by atoms with Crippen LogP contribution in [0.25, 0.3) is 0 Å². The fraction of sp³-hybridized carbons (Fsp3) is 0.556. The molecule has 2 rings (SSSR count). The highest BCUT2D eigenvalue weighted by Crippen LogP contribution is 2.35. The highest BCUT2D eigenvalue weighted by molar-refractivity contribution is 7.92. The molecule has 10 nitrogen and oxygen atoms in total. The predicted octanol–water partition coefficient (Wildman–Crippen LogP) is 1.96. The Morgan fingerprint density at radius 2 is 1.97 bits per heavy atom. The van der Waals surface area contributed by atoms with Crippen LogP contribution in [0.15, 0.2) is 23.2 Å². The molecule has 0 spiro atoms. The van der Waals surface area contributed by atoms with Crippen molar-refractivity contribution in [3.05, 3.63) is 29.6 Å². The van der Waals surface area contributed by atoms with Crippen LogP contribution < -0.4 is 10.0 Å². The molecule has 1 atom stereocenters. The molecule has 0 saturated heterocycles. The Bertz CT molecular complexity index is 1110. The van der Waals surface area contributed by atoms with Crippen LogP contribution in [0.1, 0.15) is 40.2 Å². The van der Waals surface area contributed by atoms with Crippen molar-refractivity contribution >= 4 is 37.8 Å². The highest BCUT2D eigenvalue weighted by Gasteiger charge is 2.43. The van der Waals surface area contributed by atoms with Crippen LogP contribution in [0.4, 0.5) is 14.9 Å². The quantitative estimate of drug-likeness (QED) is 0.679. The summed E-state index contributed by atoms with van der Waals surface area (Å²) in [5.74, 6) is -1.92. The number of carbonyl (C=O) groups is 1. The lowest BCUT2D eigenvalue weighted by molar-refractivity contribution is 0.0559. The second kappa shape index (κ2) is 8.26. The van der Waals surface area contributed by atoms with Gasteiger partial charge in [0.15, 0.2) is 0 Å². The number of nitrogens with one attached hydrogen (secondary N) is 2. The zero-order valence-corrected chi connectivity index (χ0v) is 19.8. The zero-order chi connectivity index (χ0) is 23.8. The van der Waals surface area contributed by atoms with Crippen LogP contribution in [0.3, 0.4) is 0 Å². The van der Waals surface area contributed by atoms with Gasteiger partial charge in [-0.3, -0.25) is 10.0 Å². The molecule has 1 aliphatic heterocycles. The molecule has 1 aliphatic rings. The van der Waals surface area contributed by atoms with Gasteiger partial charge >= 0.3 is 6.09 Å². The third-order valence-corrected chi connectivity index (χ3v) is 7.59. The van der Waals surface area contributed by atoms with Crippen LogP contribution >= 0.6 is 0 Å². The van der Waals surface area contributed by atoms with Crippen molar-refractivity contribution in [3.63, 3.8) is 0 Å². The van der Waals surface area contributed by atoms with Gasteiger partial charge in [0.1, 0.15) is 17.0 Å². The molecule has 174 valence electrons. The minimum atomic E-state index is -4.00. The summed E-state index contributed by atoms with van der Waals surface area (Å²) in [7, 11) is -6.43. The third kappa shape index (κ3) is 6.06. The Morgan fingerprint density at radius 3 is 2.52 bits per heavy atom. The van der Waals surface area contributed by atoms with Gasteiger partial charge in [-0.05, 0) is 52.8 Å². The van der Waals surface area contributed by atoms with E-state index in [0.29, 0.717) is 0 Å². The molecule has 1 unspecified atom stereocenters. The minimum Gasteiger partial charge on any atom is -0.444 e. The van der Waals surface area contributed by atoms with E-state index in [4.69, 9.17) is 4.74 Å². The fourth-order valence-electron chi connectivity index (χ4n) is 2.81. The maximum Gasteiger partial charge on any atom is 0.414 e. The molecule has 0 aliphatic carbocycles. The first-order chi connectivity index (χ1) is 14.0. The molecular weight excluding hydrogens is 451 g/mol. The second-order valence-corrected chi connectivity index (χ2v) is 12.3. The average Bonchev–Trinajstić information content (AvgIpc) is 2.58. The molecule has 1 aromatic rings. The number of aliphatic imine (C=N–C) groups is 1. The van der Waals surface area contributed by atoms with E-state index >= 15 is 0 Å². The van der Waals surface area contributed by atoms with Gasteiger partial charge in [-0.25, -0.2) is 35.3 Å². The first kappa shape index (κ1) is 24.9. The van der Waals surface area contributed by atoms with Crippen molar-refractivity contribution in [3.8, 4) is 0 Å². The van der Waals surface area contributed by atoms with Gasteiger partial charge in [-0.2, -0.15) is 0 Å². The van der Waals surface area contributed by atoms with Crippen LogP contribution in [0.2, 0.25) is 0 Å². The maximum absolute atomic E-state index is 14.7. The van der Waals surface area contributed by atoms with Gasteiger partial charge in [-0.1, -0.05) is 0 Å². The third-order valence-electron chi connectivity index (χ3n) is 4.34. The number of rotatable bonds is 4. The number of alkyl carbamates (subject to hydrolysis) is 1. The molecule has 0 aromatic heterocycles. The number of hydrogen-bond donors (Lipinski definition) is 2. The first-order valence-corrected chi connectivity index (χ1v) is 12.6. The number of sulfonamides is 2. The smallest absolute Gasteiger partial charge is 0.414 e. The number of nitrogens with zero attached hydrogens (tertiary/aromatic N) is 2. The molecule has 0 bridgehead atoms. The largest absolute Gasteiger partial charge is 0.444 e. The zero-order valence-electron chi connectivity index (χ0n) is 18.2. The Morgan fingerprint density at radius 1 is 1.35 bits per heavy atom. The molecule has 13 heteroatoms. The number of halogens is 1. The summed E-state index contributed by atoms with van der Waals surface area (Å²) in [4.78, 5) is 16.4. The van der Waals surface area contributed by atoms with Gasteiger partial charge in [0.25, 0.3) is 0 Å². The van der Waals surface area contributed by atoms with Gasteiger partial charge in [0.2, 0.25) is 26.0 Å². The van der Waals surface area contributed by atoms with E-state index in [1.807, 2.05) is 0 Å². The van der Waals surface area contributed by atoms with E-state index in [-0.39, 0.29) is 23.0 Å². The minimum absolute atomic E-state index is 0.0626. The van der Waals surface area contributed by atoms with E-state index in [1.54, 1.807) is 20.8 Å². The van der Waals surface area contributed by atoms with Gasteiger partial charge in [0.05, 0.1) is 11.5 Å². The van der Waals surface area contributed by atoms with Gasteiger partial charge < -0.3 is 4.74 Å². The molecule has 0 radical (unpaired) electrons. The standard InChI is InChI=1S/C18H27FN4O6S2/c1-7-30(25,26)22-12-8-9-14(19)13(10-12)18(5)11-31(27,28)23(6)15(21-18)20-16(24)29-17(2,3)4/h8-10,22H,7,11H2,1-6H3,(H,20,21,24). The normalized spacial score (nSPS) is 21.3. The Kier molecular flexibility index (Phi) is 6.62. The van der Waals surface area contributed by atoms with Crippen molar-refractivity contribution in [2.45, 2.75) is 45.8 Å². The van der Waals surface area contributed by atoms with Crippen molar-refractivity contribution in [2.24, 2.45) is 4.99 Å². The number of ether oxygens (including phenoxy) is 1. The van der Waals surface area contributed by atoms with Crippen molar-refractivity contribution in [1.82, 2.24) is 9.62 Å².